The Balaban J connectivity index is 1.72. The van der Waals surface area contributed by atoms with Crippen molar-refractivity contribution in [2.24, 2.45) is 0 Å². The van der Waals surface area contributed by atoms with Gasteiger partial charge in [0.1, 0.15) is 5.82 Å². The standard InChI is InChI=1S/C20H19N3O/c1-15-7-6-8-16(13-15)20(24)22-19-12-11-18(14-21-19)23(2)17-9-4-3-5-10-17/h3-14H,1-2H3,(H,21,22,24). The fraction of sp³-hybridized carbons (Fsp3) is 0.100. The number of anilines is 3. The molecular weight excluding hydrogens is 298 g/mol. The minimum absolute atomic E-state index is 0.157. The number of pyridine rings is 1. The molecule has 3 aromatic rings. The lowest BCUT2D eigenvalue weighted by molar-refractivity contribution is 0.102. The van der Waals surface area contributed by atoms with Crippen LogP contribution in [0.1, 0.15) is 15.9 Å². The second-order valence-corrected chi connectivity index (χ2v) is 5.62. The third-order valence-corrected chi connectivity index (χ3v) is 3.80. The summed E-state index contributed by atoms with van der Waals surface area (Å²) in [5, 5.41) is 2.82. The summed E-state index contributed by atoms with van der Waals surface area (Å²) in [4.78, 5) is 18.6. The van der Waals surface area contributed by atoms with Gasteiger partial charge >= 0.3 is 0 Å². The molecule has 120 valence electrons. The fourth-order valence-electron chi connectivity index (χ4n) is 2.43. The molecule has 0 aliphatic heterocycles. The first kappa shape index (κ1) is 15.7. The number of carbonyl (C=O) groups is 1. The summed E-state index contributed by atoms with van der Waals surface area (Å²) < 4.78 is 0. The maximum Gasteiger partial charge on any atom is 0.256 e. The summed E-state index contributed by atoms with van der Waals surface area (Å²) in [5.41, 5.74) is 3.71. The predicted molar refractivity (Wildman–Crippen MR) is 97.9 cm³/mol. The highest BCUT2D eigenvalue weighted by molar-refractivity contribution is 6.03. The van der Waals surface area contributed by atoms with Gasteiger partial charge in [0.2, 0.25) is 0 Å². The normalized spacial score (nSPS) is 10.2. The number of benzene rings is 2. The molecule has 0 unspecified atom stereocenters. The van der Waals surface area contributed by atoms with Gasteiger partial charge in [-0.1, -0.05) is 35.9 Å². The van der Waals surface area contributed by atoms with Crippen LogP contribution in [0.3, 0.4) is 0 Å². The van der Waals surface area contributed by atoms with E-state index < -0.39 is 0 Å². The van der Waals surface area contributed by atoms with Crippen LogP contribution in [0.25, 0.3) is 0 Å². The molecule has 24 heavy (non-hydrogen) atoms. The average molecular weight is 317 g/mol. The van der Waals surface area contributed by atoms with Crippen molar-refractivity contribution in [2.45, 2.75) is 6.92 Å². The van der Waals surface area contributed by atoms with Gasteiger partial charge < -0.3 is 10.2 Å². The number of nitrogens with one attached hydrogen (secondary N) is 1. The van der Waals surface area contributed by atoms with Crippen LogP contribution in [0.5, 0.6) is 0 Å². The molecule has 3 rings (SSSR count). The van der Waals surface area contributed by atoms with E-state index >= 15 is 0 Å². The van der Waals surface area contributed by atoms with Crippen molar-refractivity contribution in [3.05, 3.63) is 84.1 Å². The van der Waals surface area contributed by atoms with E-state index in [0.29, 0.717) is 11.4 Å². The van der Waals surface area contributed by atoms with Crippen LogP contribution < -0.4 is 10.2 Å². The van der Waals surface area contributed by atoms with E-state index in [1.54, 1.807) is 12.3 Å². The van der Waals surface area contributed by atoms with Crippen molar-refractivity contribution in [3.63, 3.8) is 0 Å². The van der Waals surface area contributed by atoms with Gasteiger partial charge in [-0.05, 0) is 43.3 Å². The topological polar surface area (TPSA) is 45.2 Å². The van der Waals surface area contributed by atoms with Crippen LogP contribution >= 0.6 is 0 Å². The molecule has 0 saturated carbocycles. The highest BCUT2D eigenvalue weighted by Gasteiger charge is 2.08. The number of hydrogen-bond acceptors (Lipinski definition) is 3. The Hall–Kier alpha value is -3.14. The first-order valence-electron chi connectivity index (χ1n) is 7.76. The van der Waals surface area contributed by atoms with Gasteiger partial charge in [0, 0.05) is 18.3 Å². The Morgan fingerprint density at radius 3 is 2.42 bits per heavy atom. The van der Waals surface area contributed by atoms with E-state index in [0.717, 1.165) is 16.9 Å². The minimum atomic E-state index is -0.157. The highest BCUT2D eigenvalue weighted by atomic mass is 16.1. The third-order valence-electron chi connectivity index (χ3n) is 3.80. The van der Waals surface area contributed by atoms with E-state index in [4.69, 9.17) is 0 Å². The summed E-state index contributed by atoms with van der Waals surface area (Å²) >= 11 is 0. The Labute approximate surface area is 141 Å². The summed E-state index contributed by atoms with van der Waals surface area (Å²) in [6.45, 7) is 1.96. The Morgan fingerprint density at radius 1 is 0.958 bits per heavy atom. The molecule has 0 saturated heterocycles. The van der Waals surface area contributed by atoms with Crippen LogP contribution in [-0.4, -0.2) is 17.9 Å². The number of hydrogen-bond donors (Lipinski definition) is 1. The third kappa shape index (κ3) is 3.60. The molecule has 4 heteroatoms. The smallest absolute Gasteiger partial charge is 0.256 e. The number of amides is 1. The molecule has 0 aliphatic carbocycles. The molecule has 4 nitrogen and oxygen atoms in total. The van der Waals surface area contributed by atoms with Gasteiger partial charge in [0.25, 0.3) is 5.91 Å². The maximum atomic E-state index is 12.2. The van der Waals surface area contributed by atoms with Crippen molar-refractivity contribution < 1.29 is 4.79 Å². The molecule has 0 atom stereocenters. The zero-order chi connectivity index (χ0) is 16.9. The maximum absolute atomic E-state index is 12.2. The summed E-state index contributed by atoms with van der Waals surface area (Å²) in [6.07, 6.45) is 1.75. The quantitative estimate of drug-likeness (QED) is 0.775. The van der Waals surface area contributed by atoms with E-state index in [1.165, 1.54) is 0 Å². The van der Waals surface area contributed by atoms with Crippen LogP contribution in [0.4, 0.5) is 17.2 Å². The van der Waals surface area contributed by atoms with Gasteiger partial charge in [-0.3, -0.25) is 4.79 Å². The van der Waals surface area contributed by atoms with E-state index in [-0.39, 0.29) is 5.91 Å². The number of carbonyl (C=O) groups excluding carboxylic acids is 1. The molecule has 1 N–H and O–H groups in total. The van der Waals surface area contributed by atoms with Gasteiger partial charge in [0.05, 0.1) is 11.9 Å². The van der Waals surface area contributed by atoms with Crippen molar-refractivity contribution in [3.8, 4) is 0 Å². The lowest BCUT2D eigenvalue weighted by Gasteiger charge is -2.19. The number of aromatic nitrogens is 1. The summed E-state index contributed by atoms with van der Waals surface area (Å²) in [7, 11) is 1.98. The number of rotatable bonds is 4. The lowest BCUT2D eigenvalue weighted by Crippen LogP contribution is -2.14. The zero-order valence-corrected chi connectivity index (χ0v) is 13.7. The first-order valence-corrected chi connectivity index (χ1v) is 7.76. The molecular formula is C20H19N3O. The van der Waals surface area contributed by atoms with Gasteiger partial charge in [-0.15, -0.1) is 0 Å². The molecule has 0 aliphatic rings. The molecule has 2 aromatic carbocycles. The molecule has 0 spiro atoms. The Morgan fingerprint density at radius 2 is 1.75 bits per heavy atom. The van der Waals surface area contributed by atoms with Crippen molar-refractivity contribution >= 4 is 23.1 Å². The first-order chi connectivity index (χ1) is 11.6. The minimum Gasteiger partial charge on any atom is -0.343 e. The SMILES string of the molecule is Cc1cccc(C(=O)Nc2ccc(N(C)c3ccccc3)cn2)c1. The van der Waals surface area contributed by atoms with Crippen molar-refractivity contribution in [2.75, 3.05) is 17.3 Å². The Bertz CT molecular complexity index is 829. The van der Waals surface area contributed by atoms with Crippen LogP contribution in [0, 0.1) is 6.92 Å². The molecule has 1 amide bonds. The van der Waals surface area contributed by atoms with Gasteiger partial charge in [-0.25, -0.2) is 4.98 Å². The number of aryl methyl sites for hydroxylation is 1. The van der Waals surface area contributed by atoms with Crippen molar-refractivity contribution in [1.82, 2.24) is 4.98 Å². The van der Waals surface area contributed by atoms with E-state index in [1.807, 2.05) is 79.5 Å². The zero-order valence-electron chi connectivity index (χ0n) is 13.7. The van der Waals surface area contributed by atoms with Gasteiger partial charge in [-0.2, -0.15) is 0 Å². The monoisotopic (exact) mass is 317 g/mol. The molecule has 0 fully saturated rings. The highest BCUT2D eigenvalue weighted by Crippen LogP contribution is 2.23. The Kier molecular flexibility index (Phi) is 4.57. The number of nitrogens with zero attached hydrogens (tertiary/aromatic N) is 2. The lowest BCUT2D eigenvalue weighted by atomic mass is 10.1. The summed E-state index contributed by atoms with van der Waals surface area (Å²) in [5.74, 6) is 0.377. The van der Waals surface area contributed by atoms with Gasteiger partial charge in [0.15, 0.2) is 0 Å². The number of para-hydroxylation sites is 1. The van der Waals surface area contributed by atoms with Crippen LogP contribution in [0.2, 0.25) is 0 Å². The second kappa shape index (κ2) is 6.96. The summed E-state index contributed by atoms with van der Waals surface area (Å²) in [6, 6.07) is 21.3. The van der Waals surface area contributed by atoms with Crippen LogP contribution in [-0.2, 0) is 0 Å². The van der Waals surface area contributed by atoms with Crippen LogP contribution in [0.15, 0.2) is 72.9 Å². The average Bonchev–Trinajstić information content (AvgIpc) is 2.62. The second-order valence-electron chi connectivity index (χ2n) is 5.62. The van der Waals surface area contributed by atoms with E-state index in [2.05, 4.69) is 10.3 Å². The fourth-order valence-corrected chi connectivity index (χ4v) is 2.43. The van der Waals surface area contributed by atoms with Crippen molar-refractivity contribution in [1.29, 1.82) is 0 Å². The molecule has 0 radical (unpaired) electrons. The molecule has 0 bridgehead atoms. The van der Waals surface area contributed by atoms with E-state index in [9.17, 15) is 4.79 Å². The molecule has 1 heterocycles. The largest absolute Gasteiger partial charge is 0.343 e. The molecule has 1 aromatic heterocycles. The predicted octanol–water partition coefficient (Wildman–Crippen LogP) is 4.41.